The minimum absolute atomic E-state index is 0.0365. The molecule has 1 saturated carbocycles. The Hall–Kier alpha value is -2.12. The summed E-state index contributed by atoms with van der Waals surface area (Å²) >= 11 is 0. The zero-order valence-corrected chi connectivity index (χ0v) is 9.88. The van der Waals surface area contributed by atoms with Crippen molar-refractivity contribution in [1.82, 2.24) is 10.2 Å². The van der Waals surface area contributed by atoms with Gasteiger partial charge in [-0.3, -0.25) is 14.4 Å². The number of likely N-dealkylation sites (tertiary alicyclic amines) is 1. The molecule has 3 rings (SSSR count). The lowest BCUT2D eigenvalue weighted by atomic mass is 9.62. The number of amides is 2. The number of carbonyl (C=O) groups excluding carboxylic acids is 2. The second-order valence-corrected chi connectivity index (χ2v) is 5.43. The largest absolute Gasteiger partial charge is 0.480 e. The minimum Gasteiger partial charge on any atom is -0.480 e. The molecule has 2 saturated heterocycles. The number of Topliss-reactive ketones (excluding diaryl/α,β-unsaturated/α-hetero) is 1. The molecule has 2 heterocycles. The summed E-state index contributed by atoms with van der Waals surface area (Å²) in [4.78, 5) is 47.0. The molecule has 8 heteroatoms. The van der Waals surface area contributed by atoms with E-state index < -0.39 is 40.6 Å². The van der Waals surface area contributed by atoms with E-state index in [0.717, 1.165) is 4.90 Å². The number of piperidine rings is 1. The Morgan fingerprint density at radius 2 is 1.79 bits per heavy atom. The van der Waals surface area contributed by atoms with Gasteiger partial charge in [0.15, 0.2) is 11.7 Å². The van der Waals surface area contributed by atoms with Gasteiger partial charge in [0.1, 0.15) is 0 Å². The van der Waals surface area contributed by atoms with E-state index in [2.05, 4.69) is 5.32 Å². The van der Waals surface area contributed by atoms with Gasteiger partial charge in [-0.2, -0.15) is 0 Å². The maximum atomic E-state index is 12.3. The number of nitrogens with zero attached hydrogens (tertiary/aromatic N) is 1. The fourth-order valence-electron chi connectivity index (χ4n) is 3.21. The molecule has 3 N–H and O–H groups in total. The average Bonchev–Trinajstić information content (AvgIpc) is 2.94. The smallest absolute Gasteiger partial charge is 0.407 e. The van der Waals surface area contributed by atoms with Crippen molar-refractivity contribution in [2.24, 2.45) is 11.3 Å². The maximum absolute atomic E-state index is 12.3. The number of hydrogen-bond acceptors (Lipinski definition) is 4. The van der Waals surface area contributed by atoms with Crippen LogP contribution in [0.4, 0.5) is 4.79 Å². The number of ketones is 1. The van der Waals surface area contributed by atoms with Gasteiger partial charge < -0.3 is 20.4 Å². The van der Waals surface area contributed by atoms with Crippen LogP contribution in [0.2, 0.25) is 0 Å². The molecule has 102 valence electrons. The Bertz CT molecular complexity index is 517. The second kappa shape index (κ2) is 3.25. The molecule has 1 atom stereocenters. The van der Waals surface area contributed by atoms with Gasteiger partial charge in [0, 0.05) is 13.1 Å². The third kappa shape index (κ3) is 1.28. The van der Waals surface area contributed by atoms with Gasteiger partial charge in [-0.25, -0.2) is 4.79 Å². The molecule has 8 nitrogen and oxygen atoms in total. The fraction of sp³-hybridized carbons (Fsp3) is 0.636. The number of carboxylic acids is 1. The second-order valence-electron chi connectivity index (χ2n) is 5.43. The molecule has 0 aromatic heterocycles. The van der Waals surface area contributed by atoms with E-state index in [9.17, 15) is 19.2 Å². The van der Waals surface area contributed by atoms with Crippen LogP contribution in [0, 0.1) is 11.3 Å². The fourth-order valence-corrected chi connectivity index (χ4v) is 3.21. The summed E-state index contributed by atoms with van der Waals surface area (Å²) in [6.07, 6.45) is 0.0344. The van der Waals surface area contributed by atoms with E-state index in [4.69, 9.17) is 10.2 Å². The number of aliphatic carboxylic acids is 1. The topological polar surface area (TPSA) is 124 Å². The van der Waals surface area contributed by atoms with Crippen LogP contribution >= 0.6 is 0 Å². The average molecular weight is 268 g/mol. The molecule has 1 aliphatic carbocycles. The van der Waals surface area contributed by atoms with Crippen LogP contribution < -0.4 is 5.32 Å². The standard InChI is InChI=1S/C11H12N2O6/c14-6-5(8(16)17)7(15)12-11(1-2-11)10(6)3-13(4-10)9(18)19/h5H,1-4H2,(H,12,15)(H,16,17)(H,18,19). The van der Waals surface area contributed by atoms with Crippen molar-refractivity contribution in [3.8, 4) is 0 Å². The van der Waals surface area contributed by atoms with Gasteiger partial charge in [0.05, 0.1) is 11.0 Å². The third-order valence-corrected chi connectivity index (χ3v) is 4.46. The van der Waals surface area contributed by atoms with Gasteiger partial charge in [0.2, 0.25) is 5.91 Å². The highest BCUT2D eigenvalue weighted by molar-refractivity contribution is 6.21. The molecule has 2 spiro atoms. The lowest BCUT2D eigenvalue weighted by Crippen LogP contribution is -2.76. The lowest BCUT2D eigenvalue weighted by Gasteiger charge is -2.55. The maximum Gasteiger partial charge on any atom is 0.407 e. The zero-order valence-electron chi connectivity index (χ0n) is 9.88. The van der Waals surface area contributed by atoms with Crippen molar-refractivity contribution < 1.29 is 29.4 Å². The highest BCUT2D eigenvalue weighted by Gasteiger charge is 2.74. The van der Waals surface area contributed by atoms with Crippen LogP contribution in [-0.2, 0) is 14.4 Å². The van der Waals surface area contributed by atoms with Crippen molar-refractivity contribution in [2.75, 3.05) is 13.1 Å². The number of hydrogen-bond donors (Lipinski definition) is 3. The van der Waals surface area contributed by atoms with E-state index in [1.54, 1.807) is 0 Å². The third-order valence-electron chi connectivity index (χ3n) is 4.46. The molecule has 19 heavy (non-hydrogen) atoms. The van der Waals surface area contributed by atoms with E-state index in [-0.39, 0.29) is 13.1 Å². The molecule has 3 aliphatic rings. The van der Waals surface area contributed by atoms with Crippen molar-refractivity contribution in [1.29, 1.82) is 0 Å². The molecule has 3 fully saturated rings. The van der Waals surface area contributed by atoms with Gasteiger partial charge in [-0.05, 0) is 12.8 Å². The van der Waals surface area contributed by atoms with E-state index in [1.165, 1.54) is 0 Å². The predicted octanol–water partition coefficient (Wildman–Crippen LogP) is -1.10. The first-order chi connectivity index (χ1) is 8.83. The minimum atomic E-state index is -1.72. The summed E-state index contributed by atoms with van der Waals surface area (Å²) in [5.74, 6) is -4.64. The van der Waals surface area contributed by atoms with Crippen LogP contribution in [0.25, 0.3) is 0 Å². The van der Waals surface area contributed by atoms with Gasteiger partial charge in [-0.15, -0.1) is 0 Å². The molecule has 2 aliphatic heterocycles. The van der Waals surface area contributed by atoms with Crippen molar-refractivity contribution >= 4 is 23.8 Å². The van der Waals surface area contributed by atoms with Crippen LogP contribution in [-0.4, -0.2) is 57.5 Å². The Morgan fingerprint density at radius 3 is 2.21 bits per heavy atom. The summed E-state index contributed by atoms with van der Waals surface area (Å²) in [6, 6.07) is 0. The van der Waals surface area contributed by atoms with E-state index in [1.807, 2.05) is 0 Å². The molecular formula is C11H12N2O6. The van der Waals surface area contributed by atoms with Crippen molar-refractivity contribution in [3.63, 3.8) is 0 Å². The van der Waals surface area contributed by atoms with Gasteiger partial charge in [-0.1, -0.05) is 0 Å². The van der Waals surface area contributed by atoms with Crippen LogP contribution in [0.5, 0.6) is 0 Å². The quantitative estimate of drug-likeness (QED) is 0.518. The Kier molecular flexibility index (Phi) is 2.04. The van der Waals surface area contributed by atoms with Gasteiger partial charge >= 0.3 is 12.1 Å². The molecular weight excluding hydrogens is 256 g/mol. The monoisotopic (exact) mass is 268 g/mol. The molecule has 2 amide bonds. The Morgan fingerprint density at radius 1 is 1.21 bits per heavy atom. The molecule has 0 aromatic carbocycles. The first-order valence-electron chi connectivity index (χ1n) is 5.90. The summed E-state index contributed by atoms with van der Waals surface area (Å²) in [7, 11) is 0. The SMILES string of the molecule is O=C(O)C1C(=O)NC2(CC2)C2(CN(C(=O)O)C2)C1=O. The zero-order chi connectivity index (χ0) is 14.0. The van der Waals surface area contributed by atoms with Gasteiger partial charge in [0.25, 0.3) is 0 Å². The first kappa shape index (κ1) is 11.9. The Balaban J connectivity index is 1.94. The summed E-state index contributed by atoms with van der Waals surface area (Å²) in [6.45, 7) is -0.0730. The van der Waals surface area contributed by atoms with Crippen LogP contribution in [0.3, 0.4) is 0 Å². The van der Waals surface area contributed by atoms with Crippen LogP contribution in [0.1, 0.15) is 12.8 Å². The summed E-state index contributed by atoms with van der Waals surface area (Å²) < 4.78 is 0. The molecule has 1 unspecified atom stereocenters. The molecule has 0 radical (unpaired) electrons. The number of fused-ring (bicyclic) bond motifs is 1. The van der Waals surface area contributed by atoms with E-state index >= 15 is 0 Å². The molecule has 0 aromatic rings. The number of rotatable bonds is 1. The first-order valence-corrected chi connectivity index (χ1v) is 5.90. The van der Waals surface area contributed by atoms with Crippen LogP contribution in [0.15, 0.2) is 0 Å². The van der Waals surface area contributed by atoms with Crippen molar-refractivity contribution in [3.05, 3.63) is 0 Å². The predicted molar refractivity (Wildman–Crippen MR) is 58.3 cm³/mol. The Labute approximate surface area is 107 Å². The number of carboxylic acid groups (broad SMARTS) is 2. The number of nitrogens with one attached hydrogen (secondary N) is 1. The highest BCUT2D eigenvalue weighted by Crippen LogP contribution is 2.58. The normalized spacial score (nSPS) is 29.9. The van der Waals surface area contributed by atoms with E-state index in [0.29, 0.717) is 12.8 Å². The summed E-state index contributed by atoms with van der Waals surface area (Å²) in [5.41, 5.74) is -1.78. The lowest BCUT2D eigenvalue weighted by molar-refractivity contribution is -0.167. The number of carbonyl (C=O) groups is 4. The highest BCUT2D eigenvalue weighted by atomic mass is 16.4. The summed E-state index contributed by atoms with van der Waals surface area (Å²) in [5, 5.41) is 20.5. The van der Waals surface area contributed by atoms with Crippen molar-refractivity contribution in [2.45, 2.75) is 18.4 Å². The molecule has 0 bridgehead atoms.